The van der Waals surface area contributed by atoms with E-state index in [9.17, 15) is 9.59 Å². The molecule has 0 fully saturated rings. The van der Waals surface area contributed by atoms with Crippen molar-refractivity contribution in [1.82, 2.24) is 5.43 Å². The van der Waals surface area contributed by atoms with E-state index >= 15 is 0 Å². The zero-order chi connectivity index (χ0) is 28.4. The van der Waals surface area contributed by atoms with E-state index < -0.39 is 11.9 Å². The maximum atomic E-state index is 13.0. The van der Waals surface area contributed by atoms with Crippen molar-refractivity contribution in [3.8, 4) is 28.4 Å². The lowest BCUT2D eigenvalue weighted by Gasteiger charge is -2.12. The van der Waals surface area contributed by atoms with Crippen LogP contribution in [-0.2, 0) is 4.79 Å². The van der Waals surface area contributed by atoms with Crippen LogP contribution in [0.4, 0.5) is 0 Å². The Morgan fingerprint density at radius 3 is 2.29 bits per heavy atom. The van der Waals surface area contributed by atoms with Crippen LogP contribution in [0.3, 0.4) is 0 Å². The predicted molar refractivity (Wildman–Crippen MR) is 160 cm³/mol. The smallest absolute Gasteiger partial charge is 0.344 e. The van der Waals surface area contributed by atoms with Gasteiger partial charge in [-0.25, -0.2) is 10.2 Å². The molecular weight excluding hydrogens is 516 g/mol. The summed E-state index contributed by atoms with van der Waals surface area (Å²) in [6, 6.07) is 35.7. The van der Waals surface area contributed by atoms with Gasteiger partial charge < -0.3 is 14.2 Å². The highest BCUT2D eigenvalue weighted by Crippen LogP contribution is 2.30. The third-order valence-electron chi connectivity index (χ3n) is 6.21. The van der Waals surface area contributed by atoms with Crippen molar-refractivity contribution in [1.29, 1.82) is 0 Å². The maximum absolute atomic E-state index is 13.0. The second kappa shape index (κ2) is 13.1. The number of rotatable bonds is 10. The summed E-state index contributed by atoms with van der Waals surface area (Å²) in [5.41, 5.74) is 5.74. The summed E-state index contributed by atoms with van der Waals surface area (Å²) in [7, 11) is 0. The quantitative estimate of drug-likeness (QED) is 0.0920. The minimum absolute atomic E-state index is 0.185. The van der Waals surface area contributed by atoms with Gasteiger partial charge in [-0.2, -0.15) is 5.10 Å². The maximum Gasteiger partial charge on any atom is 0.344 e. The molecule has 0 saturated heterocycles. The number of nitrogens with zero attached hydrogens (tertiary/aromatic N) is 1. The van der Waals surface area contributed by atoms with Crippen molar-refractivity contribution in [2.75, 3.05) is 13.2 Å². The Morgan fingerprint density at radius 2 is 1.49 bits per heavy atom. The minimum atomic E-state index is -0.480. The van der Waals surface area contributed by atoms with Crippen molar-refractivity contribution >= 4 is 28.9 Å². The van der Waals surface area contributed by atoms with Crippen LogP contribution in [-0.4, -0.2) is 31.3 Å². The van der Waals surface area contributed by atoms with E-state index in [-0.39, 0.29) is 12.4 Å². The van der Waals surface area contributed by atoms with Gasteiger partial charge in [0.15, 0.2) is 18.1 Å². The van der Waals surface area contributed by atoms with Crippen LogP contribution in [0.5, 0.6) is 17.2 Å². The fourth-order valence-electron chi connectivity index (χ4n) is 4.25. The number of carbonyl (C=O) groups excluding carboxylic acids is 2. The van der Waals surface area contributed by atoms with Crippen molar-refractivity contribution in [3.63, 3.8) is 0 Å². The molecule has 0 bridgehead atoms. The molecule has 1 N–H and O–H groups in total. The van der Waals surface area contributed by atoms with Crippen molar-refractivity contribution in [2.45, 2.75) is 6.92 Å². The average molecular weight is 545 g/mol. The Hall–Kier alpha value is -5.43. The Morgan fingerprint density at radius 1 is 0.756 bits per heavy atom. The molecule has 7 heteroatoms. The van der Waals surface area contributed by atoms with Crippen molar-refractivity contribution in [2.24, 2.45) is 5.10 Å². The molecule has 0 heterocycles. The lowest BCUT2D eigenvalue weighted by Crippen LogP contribution is -2.24. The van der Waals surface area contributed by atoms with Crippen LogP contribution in [0.1, 0.15) is 22.8 Å². The molecule has 0 aliphatic carbocycles. The largest absolute Gasteiger partial charge is 0.490 e. The predicted octanol–water partition coefficient (Wildman–Crippen LogP) is 6.65. The van der Waals surface area contributed by atoms with Gasteiger partial charge in [-0.15, -0.1) is 0 Å². The van der Waals surface area contributed by atoms with Crippen molar-refractivity contribution in [3.05, 3.63) is 126 Å². The number of hydrogen-bond acceptors (Lipinski definition) is 6. The van der Waals surface area contributed by atoms with Gasteiger partial charge in [-0.05, 0) is 70.8 Å². The lowest BCUT2D eigenvalue weighted by atomic mass is 10.0. The Bertz CT molecular complexity index is 1680. The molecule has 41 heavy (non-hydrogen) atoms. The highest BCUT2D eigenvalue weighted by molar-refractivity contribution is 6.05. The standard InChI is InChI=1S/C34H28N2O5/c1-2-39-32-21-24(15-20-31(32)41-34(38)30-14-8-12-27-11-6-7-13-29(27)30)22-35-36-33(37)23-40-28-18-16-26(17-19-28)25-9-4-3-5-10-25/h3-22H,2,23H2,1H3,(H,36,37)/b35-22-. The first kappa shape index (κ1) is 27.1. The van der Waals surface area contributed by atoms with Crippen LogP contribution in [0, 0.1) is 0 Å². The SMILES string of the molecule is CCOc1cc(/C=N\NC(=O)COc2ccc(-c3ccccc3)cc2)ccc1OC(=O)c1cccc2ccccc12. The molecule has 204 valence electrons. The van der Waals surface area contributed by atoms with Gasteiger partial charge in [0, 0.05) is 0 Å². The molecule has 0 aliphatic heterocycles. The number of hydrogen-bond donors (Lipinski definition) is 1. The minimum Gasteiger partial charge on any atom is -0.490 e. The zero-order valence-electron chi connectivity index (χ0n) is 22.4. The molecule has 0 radical (unpaired) electrons. The van der Waals surface area contributed by atoms with Gasteiger partial charge in [0.2, 0.25) is 0 Å². The second-order valence-electron chi connectivity index (χ2n) is 9.03. The third-order valence-corrected chi connectivity index (χ3v) is 6.21. The molecule has 0 saturated carbocycles. The summed E-state index contributed by atoms with van der Waals surface area (Å²) in [5.74, 6) is 0.375. The summed E-state index contributed by atoms with van der Waals surface area (Å²) in [5, 5.41) is 5.77. The van der Waals surface area contributed by atoms with Crippen LogP contribution in [0.2, 0.25) is 0 Å². The third kappa shape index (κ3) is 6.96. The number of nitrogens with one attached hydrogen (secondary N) is 1. The summed E-state index contributed by atoms with van der Waals surface area (Å²) >= 11 is 0. The summed E-state index contributed by atoms with van der Waals surface area (Å²) in [4.78, 5) is 25.2. The zero-order valence-corrected chi connectivity index (χ0v) is 22.4. The molecule has 0 spiro atoms. The normalized spacial score (nSPS) is 10.9. The van der Waals surface area contributed by atoms with E-state index in [1.54, 1.807) is 24.3 Å². The molecule has 0 aliphatic rings. The van der Waals surface area contributed by atoms with E-state index in [0.29, 0.717) is 29.2 Å². The second-order valence-corrected chi connectivity index (χ2v) is 9.03. The molecule has 5 aromatic carbocycles. The van der Waals surface area contributed by atoms with Gasteiger partial charge in [0.25, 0.3) is 5.91 Å². The number of amides is 1. The van der Waals surface area contributed by atoms with Crippen LogP contribution in [0.25, 0.3) is 21.9 Å². The number of hydrazone groups is 1. The first-order valence-corrected chi connectivity index (χ1v) is 13.2. The molecule has 0 aromatic heterocycles. The van der Waals surface area contributed by atoms with Crippen LogP contribution >= 0.6 is 0 Å². The Balaban J connectivity index is 1.17. The van der Waals surface area contributed by atoms with E-state index in [1.165, 1.54) is 6.21 Å². The fraction of sp³-hybridized carbons (Fsp3) is 0.0882. The highest BCUT2D eigenvalue weighted by Gasteiger charge is 2.15. The fourth-order valence-corrected chi connectivity index (χ4v) is 4.25. The van der Waals surface area contributed by atoms with E-state index in [2.05, 4.69) is 10.5 Å². The van der Waals surface area contributed by atoms with Gasteiger partial charge in [-0.3, -0.25) is 4.79 Å². The first-order chi connectivity index (χ1) is 20.1. The number of benzene rings is 5. The van der Waals surface area contributed by atoms with Crippen LogP contribution < -0.4 is 19.6 Å². The number of ether oxygens (including phenoxy) is 3. The molecule has 0 unspecified atom stereocenters. The average Bonchev–Trinajstić information content (AvgIpc) is 3.01. The topological polar surface area (TPSA) is 86.2 Å². The highest BCUT2D eigenvalue weighted by atomic mass is 16.6. The van der Waals surface area contributed by atoms with E-state index in [0.717, 1.165) is 21.9 Å². The number of carbonyl (C=O) groups is 2. The Kier molecular flexibility index (Phi) is 8.66. The molecule has 5 aromatic rings. The molecule has 5 rings (SSSR count). The van der Waals surface area contributed by atoms with E-state index in [4.69, 9.17) is 14.2 Å². The molecule has 0 atom stereocenters. The van der Waals surface area contributed by atoms with Gasteiger partial charge >= 0.3 is 5.97 Å². The molecule has 7 nitrogen and oxygen atoms in total. The first-order valence-electron chi connectivity index (χ1n) is 13.2. The summed E-state index contributed by atoms with van der Waals surface area (Å²) in [6.07, 6.45) is 1.48. The Labute approximate surface area is 238 Å². The number of fused-ring (bicyclic) bond motifs is 1. The monoisotopic (exact) mass is 544 g/mol. The van der Waals surface area contributed by atoms with Gasteiger partial charge in [0.05, 0.1) is 18.4 Å². The summed E-state index contributed by atoms with van der Waals surface area (Å²) in [6.45, 7) is 2.03. The van der Waals surface area contributed by atoms with Gasteiger partial charge in [0.1, 0.15) is 5.75 Å². The van der Waals surface area contributed by atoms with Crippen molar-refractivity contribution < 1.29 is 23.8 Å². The van der Waals surface area contributed by atoms with E-state index in [1.807, 2.05) is 97.9 Å². The van der Waals surface area contributed by atoms with Crippen LogP contribution in [0.15, 0.2) is 120 Å². The number of esters is 1. The lowest BCUT2D eigenvalue weighted by molar-refractivity contribution is -0.123. The molecule has 1 amide bonds. The molecular formula is C34H28N2O5. The van der Waals surface area contributed by atoms with Gasteiger partial charge in [-0.1, -0.05) is 78.9 Å². The summed E-state index contributed by atoms with van der Waals surface area (Å²) < 4.78 is 17.0.